The summed E-state index contributed by atoms with van der Waals surface area (Å²) in [6.45, 7) is 2.74. The van der Waals surface area contributed by atoms with Gasteiger partial charge in [0, 0.05) is 26.7 Å². The summed E-state index contributed by atoms with van der Waals surface area (Å²) >= 11 is 0. The van der Waals surface area contributed by atoms with E-state index in [2.05, 4.69) is 5.32 Å². The molecule has 1 aromatic carbocycles. The van der Waals surface area contributed by atoms with Crippen molar-refractivity contribution in [3.05, 3.63) is 35.4 Å². The minimum Gasteiger partial charge on any atom is -0.465 e. The normalized spacial score (nSPS) is 17.3. The van der Waals surface area contributed by atoms with Crippen molar-refractivity contribution in [2.45, 2.75) is 25.9 Å². The van der Waals surface area contributed by atoms with E-state index in [4.69, 9.17) is 4.74 Å². The molecule has 1 aliphatic heterocycles. The van der Waals surface area contributed by atoms with E-state index in [1.807, 2.05) is 0 Å². The number of hydrogen-bond acceptors (Lipinski definition) is 5. The minimum atomic E-state index is -0.962. The van der Waals surface area contributed by atoms with E-state index in [1.165, 1.54) is 18.0 Å². The summed E-state index contributed by atoms with van der Waals surface area (Å²) in [7, 11) is 1.46. The number of likely N-dealkylation sites (N-methyl/N-ethyl adjacent to an activating group) is 1. The maximum atomic E-state index is 13.4. The van der Waals surface area contributed by atoms with Crippen LogP contribution in [-0.2, 0) is 25.7 Å². The molecule has 0 bridgehead atoms. The van der Waals surface area contributed by atoms with Crippen LogP contribution in [0.5, 0.6) is 0 Å². The number of nitrogens with one attached hydrogen (secondary N) is 1. The van der Waals surface area contributed by atoms with Gasteiger partial charge in [-0.05, 0) is 24.6 Å². The molecule has 0 saturated carbocycles. The third-order valence-electron chi connectivity index (χ3n) is 4.28. The summed E-state index contributed by atoms with van der Waals surface area (Å²) in [6, 6.07) is 2.79. The number of carbonyl (C=O) groups excluding carboxylic acids is 3. The molecular formula is C18H23F2N3O4. The Bertz CT molecular complexity index is 714. The highest BCUT2D eigenvalue weighted by atomic mass is 19.2. The zero-order valence-electron chi connectivity index (χ0n) is 15.3. The number of ether oxygens (including phenoxy) is 1. The lowest BCUT2D eigenvalue weighted by atomic mass is 10.1. The van der Waals surface area contributed by atoms with Crippen LogP contribution in [0.2, 0.25) is 0 Å². The monoisotopic (exact) mass is 383 g/mol. The Labute approximate surface area is 156 Å². The van der Waals surface area contributed by atoms with Gasteiger partial charge in [-0.15, -0.1) is 0 Å². The molecule has 9 heteroatoms. The molecule has 1 saturated heterocycles. The Kier molecular flexibility index (Phi) is 7.23. The lowest BCUT2D eigenvalue weighted by molar-refractivity contribution is -0.149. The molecule has 0 aliphatic carbocycles. The number of piperazine rings is 1. The van der Waals surface area contributed by atoms with E-state index in [0.717, 1.165) is 12.1 Å². The third kappa shape index (κ3) is 5.72. The first-order chi connectivity index (χ1) is 12.8. The first kappa shape index (κ1) is 20.8. The first-order valence-corrected chi connectivity index (χ1v) is 8.67. The molecule has 1 N–H and O–H groups in total. The van der Waals surface area contributed by atoms with Gasteiger partial charge in [0.25, 0.3) is 0 Å². The second-order valence-electron chi connectivity index (χ2n) is 6.28. The van der Waals surface area contributed by atoms with Crippen LogP contribution in [0.3, 0.4) is 0 Å². The quantitative estimate of drug-likeness (QED) is 0.701. The highest BCUT2D eigenvalue weighted by Crippen LogP contribution is 2.16. The standard InChI is InChI=1S/C18H23F2N3O4/c1-3-27-17(25)11-22(2)16(24)9-15-18(26)21-6-7-23(15)10-12-4-5-13(19)14(20)8-12/h4-5,8,15H,3,6-7,9-11H2,1-2H3,(H,21,26). The number of amides is 2. The lowest BCUT2D eigenvalue weighted by Crippen LogP contribution is -2.56. The van der Waals surface area contributed by atoms with Crippen molar-refractivity contribution in [1.82, 2.24) is 15.1 Å². The Balaban J connectivity index is 2.04. The van der Waals surface area contributed by atoms with Gasteiger partial charge in [0.05, 0.1) is 19.1 Å². The summed E-state index contributed by atoms with van der Waals surface area (Å²) < 4.78 is 31.3. The van der Waals surface area contributed by atoms with Crippen molar-refractivity contribution >= 4 is 17.8 Å². The van der Waals surface area contributed by atoms with Gasteiger partial charge < -0.3 is 15.0 Å². The van der Waals surface area contributed by atoms with Gasteiger partial charge >= 0.3 is 5.97 Å². The van der Waals surface area contributed by atoms with Crippen LogP contribution in [0, 0.1) is 11.6 Å². The zero-order valence-corrected chi connectivity index (χ0v) is 15.3. The molecule has 1 unspecified atom stereocenters. The molecular weight excluding hydrogens is 360 g/mol. The number of rotatable bonds is 7. The van der Waals surface area contributed by atoms with Crippen molar-refractivity contribution in [2.75, 3.05) is 33.3 Å². The number of hydrogen-bond donors (Lipinski definition) is 1. The molecule has 27 heavy (non-hydrogen) atoms. The number of carbonyl (C=O) groups is 3. The first-order valence-electron chi connectivity index (χ1n) is 8.67. The second kappa shape index (κ2) is 9.40. The van der Waals surface area contributed by atoms with Gasteiger partial charge in [-0.1, -0.05) is 6.07 Å². The van der Waals surface area contributed by atoms with E-state index in [9.17, 15) is 23.2 Å². The Hall–Kier alpha value is -2.55. The molecule has 1 aromatic rings. The summed E-state index contributed by atoms with van der Waals surface area (Å²) in [5.74, 6) is -3.14. The van der Waals surface area contributed by atoms with E-state index >= 15 is 0 Å². The van der Waals surface area contributed by atoms with Gasteiger partial charge in [-0.3, -0.25) is 19.3 Å². The van der Waals surface area contributed by atoms with Crippen molar-refractivity contribution in [1.29, 1.82) is 0 Å². The van der Waals surface area contributed by atoms with Crippen LogP contribution in [0.1, 0.15) is 18.9 Å². The highest BCUT2D eigenvalue weighted by molar-refractivity contribution is 5.90. The minimum absolute atomic E-state index is 0.134. The average molecular weight is 383 g/mol. The van der Waals surface area contributed by atoms with Crippen LogP contribution < -0.4 is 5.32 Å². The van der Waals surface area contributed by atoms with Gasteiger partial charge in [0.2, 0.25) is 11.8 Å². The van der Waals surface area contributed by atoms with Gasteiger partial charge in [-0.2, -0.15) is 0 Å². The fourth-order valence-electron chi connectivity index (χ4n) is 2.86. The average Bonchev–Trinajstić information content (AvgIpc) is 2.61. The Morgan fingerprint density at radius 3 is 2.74 bits per heavy atom. The predicted molar refractivity (Wildman–Crippen MR) is 92.5 cm³/mol. The molecule has 2 amide bonds. The van der Waals surface area contributed by atoms with Gasteiger partial charge in [0.15, 0.2) is 11.6 Å². The van der Waals surface area contributed by atoms with Crippen molar-refractivity contribution in [2.24, 2.45) is 0 Å². The van der Waals surface area contributed by atoms with Crippen molar-refractivity contribution in [3.63, 3.8) is 0 Å². The Morgan fingerprint density at radius 2 is 2.07 bits per heavy atom. The Morgan fingerprint density at radius 1 is 1.33 bits per heavy atom. The number of halogens is 2. The summed E-state index contributed by atoms with van der Waals surface area (Å²) in [6.07, 6.45) is -0.134. The van der Waals surface area contributed by atoms with E-state index in [-0.39, 0.29) is 37.9 Å². The number of benzene rings is 1. The van der Waals surface area contributed by atoms with E-state index < -0.39 is 23.6 Å². The second-order valence-corrected chi connectivity index (χ2v) is 6.28. The molecule has 1 aliphatic rings. The van der Waals surface area contributed by atoms with Crippen LogP contribution in [0.25, 0.3) is 0 Å². The maximum Gasteiger partial charge on any atom is 0.325 e. The van der Waals surface area contributed by atoms with Gasteiger partial charge in [0.1, 0.15) is 6.54 Å². The molecule has 1 atom stereocenters. The number of nitrogens with zero attached hydrogens (tertiary/aromatic N) is 2. The molecule has 0 radical (unpaired) electrons. The smallest absolute Gasteiger partial charge is 0.325 e. The fraction of sp³-hybridized carbons (Fsp3) is 0.500. The third-order valence-corrected chi connectivity index (χ3v) is 4.28. The van der Waals surface area contributed by atoms with Crippen LogP contribution >= 0.6 is 0 Å². The van der Waals surface area contributed by atoms with Crippen molar-refractivity contribution in [3.8, 4) is 0 Å². The maximum absolute atomic E-state index is 13.4. The van der Waals surface area contributed by atoms with Gasteiger partial charge in [-0.25, -0.2) is 8.78 Å². The van der Waals surface area contributed by atoms with Crippen molar-refractivity contribution < 1.29 is 27.9 Å². The SMILES string of the molecule is CCOC(=O)CN(C)C(=O)CC1C(=O)NCCN1Cc1ccc(F)c(F)c1. The molecule has 148 valence electrons. The molecule has 1 fully saturated rings. The van der Waals surface area contributed by atoms with E-state index in [1.54, 1.807) is 11.8 Å². The summed E-state index contributed by atoms with van der Waals surface area (Å²) in [5, 5.41) is 2.70. The largest absolute Gasteiger partial charge is 0.465 e. The molecule has 0 aromatic heterocycles. The topological polar surface area (TPSA) is 78.9 Å². The lowest BCUT2D eigenvalue weighted by Gasteiger charge is -2.35. The zero-order chi connectivity index (χ0) is 20.0. The highest BCUT2D eigenvalue weighted by Gasteiger charge is 2.32. The molecule has 1 heterocycles. The molecule has 7 nitrogen and oxygen atoms in total. The summed E-state index contributed by atoms with van der Waals surface area (Å²) in [5.41, 5.74) is 0.501. The van der Waals surface area contributed by atoms with Crippen LogP contribution in [-0.4, -0.2) is 66.9 Å². The molecule has 0 spiro atoms. The number of esters is 1. The van der Waals surface area contributed by atoms with Crippen LogP contribution in [0.15, 0.2) is 18.2 Å². The van der Waals surface area contributed by atoms with Crippen LogP contribution in [0.4, 0.5) is 8.78 Å². The van der Waals surface area contributed by atoms with E-state index in [0.29, 0.717) is 18.7 Å². The summed E-state index contributed by atoms with van der Waals surface area (Å²) in [4.78, 5) is 39.1. The fourth-order valence-corrected chi connectivity index (χ4v) is 2.86. The predicted octanol–water partition coefficient (Wildman–Crippen LogP) is 0.677. The molecule has 2 rings (SSSR count).